The Bertz CT molecular complexity index is 349. The largest absolute Gasteiger partial charge is 0.488 e. The molecule has 14 heavy (non-hydrogen) atoms. The van der Waals surface area contributed by atoms with Gasteiger partial charge >= 0.3 is 0 Å². The average Bonchev–Trinajstić information content (AvgIpc) is 2.35. The molecule has 1 atom stereocenters. The highest BCUT2D eigenvalue weighted by Crippen LogP contribution is 2.28. The fraction of sp³-hybridized carbons (Fsp3) is 0.364. The minimum atomic E-state index is -0.00125. The van der Waals surface area contributed by atoms with Crippen molar-refractivity contribution < 1.29 is 9.53 Å². The molecule has 1 N–H and O–H groups in total. The third-order valence-electron chi connectivity index (χ3n) is 2.32. The van der Waals surface area contributed by atoms with Gasteiger partial charge in [0.25, 0.3) is 0 Å². The van der Waals surface area contributed by atoms with E-state index in [1.165, 1.54) is 0 Å². The molecule has 0 fully saturated rings. The lowest BCUT2D eigenvalue weighted by Gasteiger charge is -2.13. The van der Waals surface area contributed by atoms with Crippen LogP contribution in [0.2, 0.25) is 0 Å². The zero-order valence-corrected chi connectivity index (χ0v) is 8.12. The predicted octanol–water partition coefficient (Wildman–Crippen LogP) is 2.19. The molecule has 1 aromatic carbocycles. The van der Waals surface area contributed by atoms with Crippen molar-refractivity contribution in [2.45, 2.75) is 25.9 Å². The van der Waals surface area contributed by atoms with Gasteiger partial charge in [-0.3, -0.25) is 4.79 Å². The summed E-state index contributed by atoms with van der Waals surface area (Å²) in [6, 6.07) is 7.52. The van der Waals surface area contributed by atoms with Crippen LogP contribution in [0.15, 0.2) is 24.3 Å². The van der Waals surface area contributed by atoms with Gasteiger partial charge in [-0.1, -0.05) is 19.1 Å². The third-order valence-corrected chi connectivity index (χ3v) is 2.32. The maximum Gasteiger partial charge on any atom is 0.228 e. The van der Waals surface area contributed by atoms with Gasteiger partial charge in [-0.15, -0.1) is 0 Å². The number of carbonyl (C=O) groups excluding carboxylic acids is 1. The second-order valence-electron chi connectivity index (χ2n) is 3.40. The summed E-state index contributed by atoms with van der Waals surface area (Å²) in [6.07, 6.45) is 1.28. The van der Waals surface area contributed by atoms with Crippen molar-refractivity contribution in [2.24, 2.45) is 0 Å². The van der Waals surface area contributed by atoms with Crippen molar-refractivity contribution in [3.8, 4) is 5.75 Å². The molecule has 1 aromatic rings. The minimum Gasteiger partial charge on any atom is -0.488 e. The lowest BCUT2D eigenvalue weighted by atomic mass is 10.2. The van der Waals surface area contributed by atoms with Crippen LogP contribution in [0.3, 0.4) is 0 Å². The number of para-hydroxylation sites is 2. The maximum absolute atomic E-state index is 11.4. The Morgan fingerprint density at radius 3 is 3.07 bits per heavy atom. The van der Waals surface area contributed by atoms with Crippen molar-refractivity contribution >= 4 is 11.6 Å². The molecule has 1 aliphatic heterocycles. The smallest absolute Gasteiger partial charge is 0.228 e. The molecule has 0 bridgehead atoms. The number of carbonyl (C=O) groups is 1. The van der Waals surface area contributed by atoms with Gasteiger partial charge in [-0.2, -0.15) is 0 Å². The number of nitrogens with one attached hydrogen (secondary N) is 1. The van der Waals surface area contributed by atoms with E-state index in [4.69, 9.17) is 4.74 Å². The highest BCUT2D eigenvalue weighted by molar-refractivity contribution is 5.93. The summed E-state index contributed by atoms with van der Waals surface area (Å²) in [6.45, 7) is 2.02. The van der Waals surface area contributed by atoms with E-state index < -0.39 is 0 Å². The van der Waals surface area contributed by atoms with Crippen molar-refractivity contribution in [3.63, 3.8) is 0 Å². The highest BCUT2D eigenvalue weighted by Gasteiger charge is 2.20. The van der Waals surface area contributed by atoms with Gasteiger partial charge in [-0.25, -0.2) is 0 Å². The average molecular weight is 191 g/mol. The number of fused-ring (bicyclic) bond motifs is 1. The number of hydrogen-bond donors (Lipinski definition) is 1. The van der Waals surface area contributed by atoms with Crippen LogP contribution in [-0.4, -0.2) is 12.0 Å². The number of amides is 1. The summed E-state index contributed by atoms with van der Waals surface area (Å²) in [5.41, 5.74) is 0.772. The molecular formula is C11H13NO2. The summed E-state index contributed by atoms with van der Waals surface area (Å²) >= 11 is 0. The van der Waals surface area contributed by atoms with Gasteiger partial charge < -0.3 is 10.1 Å². The Morgan fingerprint density at radius 1 is 1.50 bits per heavy atom. The molecule has 74 valence electrons. The van der Waals surface area contributed by atoms with E-state index in [2.05, 4.69) is 5.32 Å². The maximum atomic E-state index is 11.4. The fourth-order valence-electron chi connectivity index (χ4n) is 1.53. The highest BCUT2D eigenvalue weighted by atomic mass is 16.5. The Hall–Kier alpha value is -1.51. The third kappa shape index (κ3) is 1.71. The molecule has 0 spiro atoms. The second-order valence-corrected chi connectivity index (χ2v) is 3.40. The van der Waals surface area contributed by atoms with Gasteiger partial charge in [0, 0.05) is 0 Å². The summed E-state index contributed by atoms with van der Waals surface area (Å²) in [5.74, 6) is 0.798. The van der Waals surface area contributed by atoms with Crippen LogP contribution < -0.4 is 10.1 Å². The molecular weight excluding hydrogens is 178 g/mol. The van der Waals surface area contributed by atoms with Gasteiger partial charge in [0.2, 0.25) is 5.91 Å². The van der Waals surface area contributed by atoms with Crippen LogP contribution in [0.5, 0.6) is 5.75 Å². The first-order chi connectivity index (χ1) is 6.79. The van der Waals surface area contributed by atoms with Crippen molar-refractivity contribution in [3.05, 3.63) is 24.3 Å². The van der Waals surface area contributed by atoms with Crippen molar-refractivity contribution in [1.82, 2.24) is 0 Å². The fourth-order valence-corrected chi connectivity index (χ4v) is 1.53. The van der Waals surface area contributed by atoms with Crippen molar-refractivity contribution in [1.29, 1.82) is 0 Å². The first-order valence-corrected chi connectivity index (χ1v) is 4.85. The molecule has 0 aliphatic carbocycles. The quantitative estimate of drug-likeness (QED) is 0.738. The van der Waals surface area contributed by atoms with E-state index in [-0.39, 0.29) is 12.0 Å². The van der Waals surface area contributed by atoms with E-state index in [0.717, 1.165) is 17.9 Å². The zero-order valence-electron chi connectivity index (χ0n) is 8.12. The van der Waals surface area contributed by atoms with E-state index in [0.29, 0.717) is 6.42 Å². The molecule has 1 aliphatic rings. The Balaban J connectivity index is 2.32. The number of hydrogen-bond acceptors (Lipinski definition) is 2. The van der Waals surface area contributed by atoms with Gasteiger partial charge in [0.15, 0.2) is 0 Å². The lowest BCUT2D eigenvalue weighted by Crippen LogP contribution is -2.19. The van der Waals surface area contributed by atoms with Crippen LogP contribution in [0.1, 0.15) is 19.8 Å². The SMILES string of the molecule is CC[C@H]1CC(=O)Nc2ccccc2O1. The Morgan fingerprint density at radius 2 is 2.29 bits per heavy atom. The van der Waals surface area contributed by atoms with E-state index >= 15 is 0 Å². The Labute approximate surface area is 83.1 Å². The van der Waals surface area contributed by atoms with Gasteiger partial charge in [0.05, 0.1) is 12.1 Å². The monoisotopic (exact) mass is 191 g/mol. The first kappa shape index (κ1) is 9.06. The molecule has 2 rings (SSSR count). The molecule has 1 heterocycles. The number of benzene rings is 1. The number of rotatable bonds is 1. The lowest BCUT2D eigenvalue weighted by molar-refractivity contribution is -0.117. The normalized spacial score (nSPS) is 20.4. The number of ether oxygens (including phenoxy) is 1. The van der Waals surface area contributed by atoms with Crippen molar-refractivity contribution in [2.75, 3.05) is 5.32 Å². The summed E-state index contributed by atoms with van der Waals surface area (Å²) in [4.78, 5) is 11.4. The van der Waals surface area contributed by atoms with E-state index in [1.807, 2.05) is 31.2 Å². The zero-order chi connectivity index (χ0) is 9.97. The van der Waals surface area contributed by atoms with Gasteiger partial charge in [-0.05, 0) is 18.6 Å². The van der Waals surface area contributed by atoms with Crippen LogP contribution in [0.4, 0.5) is 5.69 Å². The van der Waals surface area contributed by atoms with Gasteiger partial charge in [0.1, 0.15) is 11.9 Å². The van der Waals surface area contributed by atoms with Crippen LogP contribution in [0, 0.1) is 0 Å². The summed E-state index contributed by atoms with van der Waals surface area (Å²) in [5, 5.41) is 2.82. The molecule has 0 saturated carbocycles. The number of anilines is 1. The topological polar surface area (TPSA) is 38.3 Å². The second kappa shape index (κ2) is 3.70. The van der Waals surface area contributed by atoms with Crippen LogP contribution >= 0.6 is 0 Å². The summed E-state index contributed by atoms with van der Waals surface area (Å²) in [7, 11) is 0. The van der Waals surface area contributed by atoms with E-state index in [1.54, 1.807) is 0 Å². The van der Waals surface area contributed by atoms with Crippen LogP contribution in [0.25, 0.3) is 0 Å². The predicted molar refractivity (Wildman–Crippen MR) is 54.4 cm³/mol. The Kier molecular flexibility index (Phi) is 2.39. The molecule has 1 amide bonds. The van der Waals surface area contributed by atoms with Crippen LogP contribution in [-0.2, 0) is 4.79 Å². The molecule has 0 radical (unpaired) electrons. The first-order valence-electron chi connectivity index (χ1n) is 4.85. The molecule has 0 aromatic heterocycles. The molecule has 3 heteroatoms. The molecule has 3 nitrogen and oxygen atoms in total. The minimum absolute atomic E-state index is 0.00125. The molecule has 0 unspecified atom stereocenters. The van der Waals surface area contributed by atoms with E-state index in [9.17, 15) is 4.79 Å². The molecule has 0 saturated heterocycles. The summed E-state index contributed by atoms with van der Waals surface area (Å²) < 4.78 is 5.69. The standard InChI is InChI=1S/C11H13NO2/c1-2-8-7-11(13)12-9-5-3-4-6-10(9)14-8/h3-6,8H,2,7H2,1H3,(H,12,13)/t8-/m0/s1.